The molecule has 0 saturated carbocycles. The highest BCUT2D eigenvalue weighted by Crippen LogP contribution is 2.39. The highest BCUT2D eigenvalue weighted by Gasteiger charge is 2.45. The van der Waals surface area contributed by atoms with Crippen molar-refractivity contribution in [3.05, 3.63) is 64.9 Å². The topological polar surface area (TPSA) is 100 Å². The van der Waals surface area contributed by atoms with E-state index in [0.717, 1.165) is 12.3 Å². The van der Waals surface area contributed by atoms with E-state index in [4.69, 9.17) is 4.42 Å². The molecule has 7 nitrogen and oxygen atoms in total. The predicted octanol–water partition coefficient (Wildman–Crippen LogP) is 4.49. The molecule has 1 aromatic heterocycles. The molecule has 3 aromatic rings. The summed E-state index contributed by atoms with van der Waals surface area (Å²) in [5, 5.41) is 3.77. The first-order valence-electron chi connectivity index (χ1n) is 9.30. The zero-order valence-corrected chi connectivity index (χ0v) is 18.0. The van der Waals surface area contributed by atoms with Crippen molar-refractivity contribution in [2.75, 3.05) is 11.6 Å². The highest BCUT2D eigenvalue weighted by molar-refractivity contribution is 7.88. The van der Waals surface area contributed by atoms with E-state index in [1.807, 2.05) is 0 Å². The van der Waals surface area contributed by atoms with E-state index in [1.54, 1.807) is 11.4 Å². The summed E-state index contributed by atoms with van der Waals surface area (Å²) < 4.78 is 98.4. The average Bonchev–Trinajstić information content (AvgIpc) is 3.00. The van der Waals surface area contributed by atoms with Gasteiger partial charge in [-0.25, -0.2) is 26.7 Å². The molecule has 178 valence electrons. The summed E-state index contributed by atoms with van der Waals surface area (Å²) in [7, 11) is -3.48. The molecule has 0 aliphatic rings. The van der Waals surface area contributed by atoms with Crippen LogP contribution in [0.4, 0.5) is 32.4 Å². The number of hydrogen-bond donors (Lipinski definition) is 3. The third-order valence-electron chi connectivity index (χ3n) is 4.58. The Kier molecular flexibility index (Phi) is 6.65. The number of carbonyl (C=O) groups excluding carboxylic acids is 1. The Bertz CT molecular complexity index is 1310. The number of nitrogens with one attached hydrogen (secondary N) is 3. The number of carbonyl (C=O) groups is 1. The second kappa shape index (κ2) is 8.98. The predicted molar refractivity (Wildman–Crippen MR) is 110 cm³/mol. The van der Waals surface area contributed by atoms with Crippen LogP contribution in [-0.2, 0) is 16.6 Å². The Morgan fingerprint density at radius 3 is 2.48 bits per heavy atom. The zero-order chi connectivity index (χ0) is 24.6. The molecule has 0 fully saturated rings. The quantitative estimate of drug-likeness (QED) is 0.443. The largest absolute Gasteiger partial charge is 0.455 e. The van der Waals surface area contributed by atoms with E-state index in [-0.39, 0.29) is 23.2 Å². The van der Waals surface area contributed by atoms with Crippen LogP contribution in [0.15, 0.2) is 40.8 Å². The van der Waals surface area contributed by atoms with Crippen LogP contribution >= 0.6 is 0 Å². The van der Waals surface area contributed by atoms with Crippen molar-refractivity contribution in [3.8, 4) is 0 Å². The summed E-state index contributed by atoms with van der Waals surface area (Å²) in [6.07, 6.45) is -4.06. The molecule has 2 amide bonds. The Morgan fingerprint density at radius 2 is 1.85 bits per heavy atom. The van der Waals surface area contributed by atoms with Crippen LogP contribution in [0.25, 0.3) is 11.0 Å². The lowest BCUT2D eigenvalue weighted by atomic mass is 10.1. The number of urea groups is 1. The van der Waals surface area contributed by atoms with Gasteiger partial charge in [-0.1, -0.05) is 12.1 Å². The molecule has 0 unspecified atom stereocenters. The molecule has 0 saturated heterocycles. The van der Waals surface area contributed by atoms with Gasteiger partial charge in [0.2, 0.25) is 10.0 Å². The fraction of sp³-hybridized carbons (Fsp3) is 0.250. The Hall–Kier alpha value is -3.19. The molecule has 33 heavy (non-hydrogen) atoms. The monoisotopic (exact) mass is 491 g/mol. The van der Waals surface area contributed by atoms with E-state index in [0.29, 0.717) is 11.6 Å². The highest BCUT2D eigenvalue weighted by atomic mass is 32.2. The third-order valence-corrected chi connectivity index (χ3v) is 5.25. The maximum absolute atomic E-state index is 14.0. The van der Waals surface area contributed by atoms with Gasteiger partial charge in [0.1, 0.15) is 11.6 Å². The average molecular weight is 491 g/mol. The number of alkyl halides is 3. The van der Waals surface area contributed by atoms with Crippen molar-refractivity contribution in [1.29, 1.82) is 0 Å². The minimum atomic E-state index is -5.02. The van der Waals surface area contributed by atoms with E-state index in [9.17, 15) is 35.2 Å². The summed E-state index contributed by atoms with van der Waals surface area (Å²) in [5.74, 6) is -2.96. The SMILES string of the molecule is Cc1c([C@H](NC(=O)Nc2cccc(CNS(C)(=O)=O)c2)C(F)(F)F)oc2c(F)cc(F)cc12. The number of furan rings is 1. The number of amides is 2. The Balaban J connectivity index is 1.84. The summed E-state index contributed by atoms with van der Waals surface area (Å²) in [5.41, 5.74) is -0.210. The number of aryl methyl sites for hydroxylation is 1. The lowest BCUT2D eigenvalue weighted by Crippen LogP contribution is -2.40. The fourth-order valence-electron chi connectivity index (χ4n) is 3.11. The van der Waals surface area contributed by atoms with Crippen molar-refractivity contribution >= 4 is 32.7 Å². The second-order valence-electron chi connectivity index (χ2n) is 7.22. The number of rotatable bonds is 6. The lowest BCUT2D eigenvalue weighted by molar-refractivity contribution is -0.158. The van der Waals surface area contributed by atoms with Gasteiger partial charge in [0.15, 0.2) is 17.4 Å². The second-order valence-corrected chi connectivity index (χ2v) is 9.06. The van der Waals surface area contributed by atoms with Gasteiger partial charge in [0.05, 0.1) is 6.26 Å². The molecule has 0 bridgehead atoms. The number of hydrogen-bond acceptors (Lipinski definition) is 4. The first-order valence-corrected chi connectivity index (χ1v) is 11.2. The number of anilines is 1. The number of sulfonamides is 1. The van der Waals surface area contributed by atoms with Crippen molar-refractivity contribution < 1.29 is 39.6 Å². The van der Waals surface area contributed by atoms with Crippen LogP contribution in [0, 0.1) is 18.6 Å². The molecule has 0 radical (unpaired) electrons. The first-order chi connectivity index (χ1) is 15.2. The normalized spacial score (nSPS) is 13.2. The first kappa shape index (κ1) is 24.5. The van der Waals surface area contributed by atoms with Gasteiger partial charge in [0, 0.05) is 29.2 Å². The van der Waals surface area contributed by atoms with E-state index in [2.05, 4.69) is 10.0 Å². The van der Waals surface area contributed by atoms with Crippen LogP contribution in [0.1, 0.15) is 22.9 Å². The molecule has 1 heterocycles. The molecular formula is C20H18F5N3O4S. The van der Waals surface area contributed by atoms with Crippen molar-refractivity contribution in [3.63, 3.8) is 0 Å². The molecule has 1 atom stereocenters. The molecule has 3 N–H and O–H groups in total. The van der Waals surface area contributed by atoms with E-state index in [1.165, 1.54) is 25.1 Å². The summed E-state index contributed by atoms with van der Waals surface area (Å²) in [6.45, 7) is 1.10. The van der Waals surface area contributed by atoms with Gasteiger partial charge in [-0.2, -0.15) is 13.2 Å². The number of halogens is 5. The van der Waals surface area contributed by atoms with Crippen LogP contribution in [-0.4, -0.2) is 26.9 Å². The van der Waals surface area contributed by atoms with Gasteiger partial charge >= 0.3 is 12.2 Å². The van der Waals surface area contributed by atoms with E-state index < -0.39 is 51.3 Å². The van der Waals surface area contributed by atoms with Crippen molar-refractivity contribution in [2.24, 2.45) is 0 Å². The lowest BCUT2D eigenvalue weighted by Gasteiger charge is -2.21. The summed E-state index contributed by atoms with van der Waals surface area (Å²) in [6, 6.07) is 3.18. The molecule has 0 aliphatic heterocycles. The van der Waals surface area contributed by atoms with Gasteiger partial charge < -0.3 is 15.1 Å². The van der Waals surface area contributed by atoms with Gasteiger partial charge in [0.25, 0.3) is 0 Å². The Morgan fingerprint density at radius 1 is 1.15 bits per heavy atom. The number of fused-ring (bicyclic) bond motifs is 1. The van der Waals surface area contributed by atoms with Crippen molar-refractivity contribution in [2.45, 2.75) is 25.7 Å². The Labute approximate surface area is 185 Å². The fourth-order valence-corrected chi connectivity index (χ4v) is 3.53. The van der Waals surface area contributed by atoms with Crippen LogP contribution < -0.4 is 15.4 Å². The number of benzene rings is 2. The van der Waals surface area contributed by atoms with Gasteiger partial charge in [-0.15, -0.1) is 0 Å². The maximum atomic E-state index is 14.0. The minimum absolute atomic E-state index is 0.0932. The molecular weight excluding hydrogens is 473 g/mol. The summed E-state index contributed by atoms with van der Waals surface area (Å²) in [4.78, 5) is 12.3. The molecule has 3 rings (SSSR count). The minimum Gasteiger partial charge on any atom is -0.455 e. The molecule has 2 aromatic carbocycles. The molecule has 13 heteroatoms. The standard InChI is InChI=1S/C20H18F5N3O4S/c1-10-14-7-12(21)8-15(22)17(14)32-16(10)18(20(23,24)25)28-19(29)27-13-5-3-4-11(6-13)9-26-33(2,30)31/h3-8,18,26H,9H2,1-2H3,(H2,27,28,29)/t18-/m0/s1. The smallest absolute Gasteiger partial charge is 0.416 e. The maximum Gasteiger partial charge on any atom is 0.416 e. The molecule has 0 spiro atoms. The van der Waals surface area contributed by atoms with Crippen LogP contribution in [0.2, 0.25) is 0 Å². The van der Waals surface area contributed by atoms with Gasteiger partial charge in [-0.05, 0) is 30.7 Å². The van der Waals surface area contributed by atoms with E-state index >= 15 is 0 Å². The zero-order valence-electron chi connectivity index (χ0n) is 17.2. The van der Waals surface area contributed by atoms with Gasteiger partial charge in [-0.3, -0.25) is 0 Å². The van der Waals surface area contributed by atoms with Crippen LogP contribution in [0.5, 0.6) is 0 Å². The van der Waals surface area contributed by atoms with Crippen molar-refractivity contribution in [1.82, 2.24) is 10.0 Å². The van der Waals surface area contributed by atoms with Crippen LogP contribution in [0.3, 0.4) is 0 Å². The third kappa shape index (κ3) is 5.99. The summed E-state index contributed by atoms with van der Waals surface area (Å²) >= 11 is 0. The molecule has 0 aliphatic carbocycles.